The van der Waals surface area contributed by atoms with Crippen LogP contribution in [-0.4, -0.2) is 30.5 Å². The molecule has 2 rings (SSSR count). The fourth-order valence-corrected chi connectivity index (χ4v) is 2.18. The van der Waals surface area contributed by atoms with Gasteiger partial charge in [0.05, 0.1) is 6.20 Å². The number of aromatic nitrogens is 1. The number of ether oxygens (including phenoxy) is 1. The van der Waals surface area contributed by atoms with Gasteiger partial charge in [0.2, 0.25) is 0 Å². The summed E-state index contributed by atoms with van der Waals surface area (Å²) in [5, 5.41) is 6.17. The van der Waals surface area contributed by atoms with E-state index in [4.69, 9.17) is 4.74 Å². The van der Waals surface area contributed by atoms with Gasteiger partial charge in [0.15, 0.2) is 0 Å². The summed E-state index contributed by atoms with van der Waals surface area (Å²) < 4.78 is 5.70. The van der Waals surface area contributed by atoms with Crippen LogP contribution < -0.4 is 15.4 Å². The molecule has 0 aliphatic carbocycles. The lowest BCUT2D eigenvalue weighted by Gasteiger charge is -2.09. The lowest BCUT2D eigenvalue weighted by molar-refractivity contribution is 0.0954. The van der Waals surface area contributed by atoms with E-state index < -0.39 is 0 Å². The molecule has 5 heteroatoms. The van der Waals surface area contributed by atoms with Gasteiger partial charge in [-0.1, -0.05) is 19.1 Å². The highest BCUT2D eigenvalue weighted by Crippen LogP contribution is 2.12. The van der Waals surface area contributed by atoms with Crippen LogP contribution in [0.5, 0.6) is 5.75 Å². The first-order chi connectivity index (χ1) is 11.7. The van der Waals surface area contributed by atoms with Crippen molar-refractivity contribution in [3.63, 3.8) is 0 Å². The number of aryl methyl sites for hydroxylation is 1. The summed E-state index contributed by atoms with van der Waals surface area (Å²) in [5.41, 5.74) is 2.55. The molecule has 0 aliphatic rings. The quantitative estimate of drug-likeness (QED) is 0.695. The Bertz CT molecular complexity index is 641. The molecule has 0 radical (unpaired) electrons. The third kappa shape index (κ3) is 6.01. The lowest BCUT2D eigenvalue weighted by atomic mass is 10.1. The zero-order valence-electron chi connectivity index (χ0n) is 14.3. The predicted molar refractivity (Wildman–Crippen MR) is 95.2 cm³/mol. The Labute approximate surface area is 143 Å². The molecule has 0 aliphatic heterocycles. The molecule has 1 amide bonds. The molecular formula is C19H25N3O2. The molecular weight excluding hydrogens is 302 g/mol. The second kappa shape index (κ2) is 9.67. The zero-order chi connectivity index (χ0) is 17.2. The van der Waals surface area contributed by atoms with E-state index in [0.29, 0.717) is 18.7 Å². The second-order valence-corrected chi connectivity index (χ2v) is 5.63. The first-order valence-electron chi connectivity index (χ1n) is 8.32. The van der Waals surface area contributed by atoms with Crippen molar-refractivity contribution in [3.05, 3.63) is 59.4 Å². The van der Waals surface area contributed by atoms with Gasteiger partial charge in [-0.15, -0.1) is 0 Å². The van der Waals surface area contributed by atoms with Gasteiger partial charge in [-0.05, 0) is 49.7 Å². The van der Waals surface area contributed by atoms with Crippen LogP contribution in [0.2, 0.25) is 0 Å². The SMILES string of the molecule is CCCNCCNC(=O)c1cccc(COc2ccc(C)nc2)c1. The zero-order valence-corrected chi connectivity index (χ0v) is 14.3. The summed E-state index contributed by atoms with van der Waals surface area (Å²) in [6.07, 6.45) is 2.79. The molecule has 1 heterocycles. The number of nitrogens with one attached hydrogen (secondary N) is 2. The van der Waals surface area contributed by atoms with Crippen LogP contribution in [0.3, 0.4) is 0 Å². The van der Waals surface area contributed by atoms with Crippen molar-refractivity contribution in [3.8, 4) is 5.75 Å². The summed E-state index contributed by atoms with van der Waals surface area (Å²) in [5.74, 6) is 0.657. The molecule has 128 valence electrons. The van der Waals surface area contributed by atoms with Crippen molar-refractivity contribution in [1.82, 2.24) is 15.6 Å². The van der Waals surface area contributed by atoms with E-state index in [-0.39, 0.29) is 5.91 Å². The molecule has 24 heavy (non-hydrogen) atoms. The van der Waals surface area contributed by atoms with Crippen molar-refractivity contribution in [2.75, 3.05) is 19.6 Å². The minimum atomic E-state index is -0.0628. The maximum atomic E-state index is 12.2. The van der Waals surface area contributed by atoms with Gasteiger partial charge in [-0.25, -0.2) is 0 Å². The van der Waals surface area contributed by atoms with Gasteiger partial charge >= 0.3 is 0 Å². The number of amides is 1. The monoisotopic (exact) mass is 327 g/mol. The number of pyridine rings is 1. The third-order valence-corrected chi connectivity index (χ3v) is 3.49. The number of hydrogen-bond donors (Lipinski definition) is 2. The average molecular weight is 327 g/mol. The fraction of sp³-hybridized carbons (Fsp3) is 0.368. The minimum absolute atomic E-state index is 0.0628. The summed E-state index contributed by atoms with van der Waals surface area (Å²) >= 11 is 0. The maximum absolute atomic E-state index is 12.2. The fourth-order valence-electron chi connectivity index (χ4n) is 2.18. The number of hydrogen-bond acceptors (Lipinski definition) is 4. The van der Waals surface area contributed by atoms with Gasteiger partial charge in [0, 0.05) is 24.3 Å². The number of benzene rings is 1. The molecule has 0 atom stereocenters. The molecule has 2 N–H and O–H groups in total. The lowest BCUT2D eigenvalue weighted by Crippen LogP contribution is -2.32. The van der Waals surface area contributed by atoms with Crippen LogP contribution in [0, 0.1) is 6.92 Å². The first-order valence-corrected chi connectivity index (χ1v) is 8.32. The van der Waals surface area contributed by atoms with E-state index in [0.717, 1.165) is 36.5 Å². The molecule has 0 fully saturated rings. The van der Waals surface area contributed by atoms with Crippen molar-refractivity contribution in [2.24, 2.45) is 0 Å². The third-order valence-electron chi connectivity index (χ3n) is 3.49. The minimum Gasteiger partial charge on any atom is -0.487 e. The Morgan fingerprint density at radius 2 is 2.04 bits per heavy atom. The van der Waals surface area contributed by atoms with Crippen molar-refractivity contribution in [1.29, 1.82) is 0 Å². The molecule has 0 saturated heterocycles. The maximum Gasteiger partial charge on any atom is 0.251 e. The Balaban J connectivity index is 1.84. The molecule has 0 unspecified atom stereocenters. The highest BCUT2D eigenvalue weighted by molar-refractivity contribution is 5.94. The van der Waals surface area contributed by atoms with Crippen LogP contribution >= 0.6 is 0 Å². The van der Waals surface area contributed by atoms with E-state index in [1.165, 1.54) is 0 Å². The second-order valence-electron chi connectivity index (χ2n) is 5.63. The molecule has 0 spiro atoms. The number of carbonyl (C=O) groups is 1. The predicted octanol–water partition coefficient (Wildman–Crippen LogP) is 2.70. The average Bonchev–Trinajstić information content (AvgIpc) is 2.61. The van der Waals surface area contributed by atoms with Gasteiger partial charge in [-0.3, -0.25) is 9.78 Å². The normalized spacial score (nSPS) is 10.4. The molecule has 0 bridgehead atoms. The van der Waals surface area contributed by atoms with Gasteiger partial charge in [0.1, 0.15) is 12.4 Å². The van der Waals surface area contributed by atoms with Crippen molar-refractivity contribution < 1.29 is 9.53 Å². The molecule has 0 saturated carbocycles. The van der Waals surface area contributed by atoms with Crippen LogP contribution in [0.15, 0.2) is 42.6 Å². The van der Waals surface area contributed by atoms with Crippen LogP contribution in [-0.2, 0) is 6.61 Å². The molecule has 5 nitrogen and oxygen atoms in total. The van der Waals surface area contributed by atoms with E-state index in [1.54, 1.807) is 6.20 Å². The van der Waals surface area contributed by atoms with Gasteiger partial charge in [0.25, 0.3) is 5.91 Å². The molecule has 2 aromatic rings. The first kappa shape index (κ1) is 17.9. The number of carbonyl (C=O) groups excluding carboxylic acids is 1. The van der Waals surface area contributed by atoms with Gasteiger partial charge < -0.3 is 15.4 Å². The van der Waals surface area contributed by atoms with E-state index >= 15 is 0 Å². The standard InChI is InChI=1S/C19H25N3O2/c1-3-9-20-10-11-21-19(23)17-6-4-5-16(12-17)14-24-18-8-7-15(2)22-13-18/h4-8,12-13,20H,3,9-11,14H2,1-2H3,(H,21,23). The number of rotatable bonds is 9. The van der Waals surface area contributed by atoms with Crippen LogP contribution in [0.1, 0.15) is 35.0 Å². The van der Waals surface area contributed by atoms with Crippen molar-refractivity contribution >= 4 is 5.91 Å². The Hall–Kier alpha value is -2.40. The summed E-state index contributed by atoms with van der Waals surface area (Å²) in [4.78, 5) is 16.3. The van der Waals surface area contributed by atoms with E-state index in [2.05, 4.69) is 22.5 Å². The van der Waals surface area contributed by atoms with E-state index in [9.17, 15) is 4.79 Å². The van der Waals surface area contributed by atoms with Crippen LogP contribution in [0.4, 0.5) is 0 Å². The number of nitrogens with zero attached hydrogens (tertiary/aromatic N) is 1. The van der Waals surface area contributed by atoms with Gasteiger partial charge in [-0.2, -0.15) is 0 Å². The highest BCUT2D eigenvalue weighted by atomic mass is 16.5. The largest absolute Gasteiger partial charge is 0.487 e. The van der Waals surface area contributed by atoms with Crippen LogP contribution in [0.25, 0.3) is 0 Å². The molecule has 1 aromatic heterocycles. The summed E-state index contributed by atoms with van der Waals surface area (Å²) in [6.45, 7) is 6.83. The summed E-state index contributed by atoms with van der Waals surface area (Å²) in [6, 6.07) is 11.3. The highest BCUT2D eigenvalue weighted by Gasteiger charge is 2.06. The Morgan fingerprint density at radius 3 is 2.79 bits per heavy atom. The Kier molecular flexibility index (Phi) is 7.23. The topological polar surface area (TPSA) is 63.2 Å². The Morgan fingerprint density at radius 1 is 1.17 bits per heavy atom. The molecule has 1 aromatic carbocycles. The van der Waals surface area contributed by atoms with Crippen molar-refractivity contribution in [2.45, 2.75) is 26.9 Å². The summed E-state index contributed by atoms with van der Waals surface area (Å²) in [7, 11) is 0. The smallest absolute Gasteiger partial charge is 0.251 e. The van der Waals surface area contributed by atoms with E-state index in [1.807, 2.05) is 43.3 Å².